The zero-order valence-corrected chi connectivity index (χ0v) is 14.0. The summed E-state index contributed by atoms with van der Waals surface area (Å²) in [6.07, 6.45) is 5.45. The molecule has 116 valence electrons. The Labute approximate surface area is 143 Å². The van der Waals surface area contributed by atoms with Crippen LogP contribution in [0.25, 0.3) is 0 Å². The van der Waals surface area contributed by atoms with Crippen LogP contribution in [-0.2, 0) is 0 Å². The fourth-order valence-corrected chi connectivity index (χ4v) is 3.99. The highest BCUT2D eigenvalue weighted by Gasteiger charge is 2.38. The third-order valence-electron chi connectivity index (χ3n) is 4.84. The van der Waals surface area contributed by atoms with Crippen molar-refractivity contribution in [3.8, 4) is 0 Å². The van der Waals surface area contributed by atoms with Crippen LogP contribution in [0.5, 0.6) is 0 Å². The molecule has 3 atom stereocenters. The van der Waals surface area contributed by atoms with Crippen molar-refractivity contribution in [3.05, 3.63) is 75.8 Å². The Kier molecular flexibility index (Phi) is 3.49. The molecule has 0 bridgehead atoms. The summed E-state index contributed by atoms with van der Waals surface area (Å²) in [5, 5.41) is 12.9. The van der Waals surface area contributed by atoms with Crippen LogP contribution in [0.4, 0.5) is 5.69 Å². The summed E-state index contributed by atoms with van der Waals surface area (Å²) in [6.45, 7) is 0. The monoisotopic (exact) mass is 369 g/mol. The maximum atomic E-state index is 11.3. The molecule has 1 aliphatic heterocycles. The van der Waals surface area contributed by atoms with Gasteiger partial charge >= 0.3 is 5.97 Å². The van der Waals surface area contributed by atoms with E-state index in [2.05, 4.69) is 57.7 Å². The lowest BCUT2D eigenvalue weighted by Gasteiger charge is -2.37. The first-order valence-corrected chi connectivity index (χ1v) is 8.48. The van der Waals surface area contributed by atoms with Crippen LogP contribution in [-0.4, -0.2) is 11.1 Å². The van der Waals surface area contributed by atoms with Crippen LogP contribution in [0.15, 0.2) is 59.1 Å². The zero-order valence-electron chi connectivity index (χ0n) is 12.4. The van der Waals surface area contributed by atoms with E-state index in [1.807, 2.05) is 12.1 Å². The van der Waals surface area contributed by atoms with Crippen molar-refractivity contribution in [2.24, 2.45) is 5.92 Å². The fraction of sp³-hybridized carbons (Fsp3) is 0.211. The highest BCUT2D eigenvalue weighted by Crippen LogP contribution is 2.49. The Hall–Kier alpha value is -2.07. The number of anilines is 1. The molecule has 3 nitrogen and oxygen atoms in total. The third kappa shape index (κ3) is 2.47. The van der Waals surface area contributed by atoms with Crippen LogP contribution in [0.3, 0.4) is 0 Å². The van der Waals surface area contributed by atoms with E-state index in [1.54, 1.807) is 6.07 Å². The highest BCUT2D eigenvalue weighted by molar-refractivity contribution is 9.10. The molecule has 0 radical (unpaired) electrons. The van der Waals surface area contributed by atoms with E-state index >= 15 is 0 Å². The Morgan fingerprint density at radius 1 is 1.17 bits per heavy atom. The summed E-state index contributed by atoms with van der Waals surface area (Å²) in [5.74, 6) is -0.173. The van der Waals surface area contributed by atoms with Crippen LogP contribution in [0.1, 0.15) is 39.9 Å². The van der Waals surface area contributed by atoms with Crippen LogP contribution in [0.2, 0.25) is 0 Å². The first kappa shape index (κ1) is 14.5. The minimum atomic E-state index is -0.874. The van der Waals surface area contributed by atoms with Gasteiger partial charge in [0.15, 0.2) is 0 Å². The zero-order chi connectivity index (χ0) is 16.0. The van der Waals surface area contributed by atoms with Gasteiger partial charge < -0.3 is 10.4 Å². The first-order chi connectivity index (χ1) is 11.1. The van der Waals surface area contributed by atoms with Gasteiger partial charge in [0.25, 0.3) is 0 Å². The lowest BCUT2D eigenvalue weighted by atomic mass is 9.76. The van der Waals surface area contributed by atoms with Crippen molar-refractivity contribution < 1.29 is 9.90 Å². The number of allylic oxidation sites excluding steroid dienone is 2. The van der Waals surface area contributed by atoms with E-state index in [0.717, 1.165) is 22.1 Å². The first-order valence-electron chi connectivity index (χ1n) is 7.69. The molecular weight excluding hydrogens is 354 g/mol. The quantitative estimate of drug-likeness (QED) is 0.734. The molecule has 0 amide bonds. The predicted molar refractivity (Wildman–Crippen MR) is 93.9 cm³/mol. The molecule has 0 saturated carbocycles. The van der Waals surface area contributed by atoms with E-state index in [4.69, 9.17) is 0 Å². The molecule has 0 aromatic heterocycles. The lowest BCUT2D eigenvalue weighted by molar-refractivity contribution is 0.0696. The topological polar surface area (TPSA) is 49.3 Å². The Bertz CT molecular complexity index is 798. The molecule has 2 N–H and O–H groups in total. The van der Waals surface area contributed by atoms with Crippen molar-refractivity contribution in [2.45, 2.75) is 18.4 Å². The van der Waals surface area contributed by atoms with Crippen LogP contribution < -0.4 is 5.32 Å². The number of hydrogen-bond donors (Lipinski definition) is 2. The normalized spacial score (nSPS) is 24.7. The number of fused-ring (bicyclic) bond motifs is 3. The average molecular weight is 370 g/mol. The number of hydrogen-bond acceptors (Lipinski definition) is 2. The summed E-state index contributed by atoms with van der Waals surface area (Å²) >= 11 is 3.48. The summed E-state index contributed by atoms with van der Waals surface area (Å²) in [6, 6.07) is 14.1. The number of rotatable bonds is 2. The van der Waals surface area contributed by atoms with Crippen LogP contribution >= 0.6 is 15.9 Å². The Morgan fingerprint density at radius 3 is 2.70 bits per heavy atom. The lowest BCUT2D eigenvalue weighted by Crippen LogP contribution is -2.29. The van der Waals surface area contributed by atoms with Gasteiger partial charge in [-0.25, -0.2) is 4.79 Å². The smallest absolute Gasteiger partial charge is 0.335 e. The number of benzene rings is 2. The minimum absolute atomic E-state index is 0.242. The predicted octanol–water partition coefficient (Wildman–Crippen LogP) is 4.97. The van der Waals surface area contributed by atoms with E-state index < -0.39 is 5.97 Å². The minimum Gasteiger partial charge on any atom is -0.478 e. The van der Waals surface area contributed by atoms with Crippen molar-refractivity contribution in [2.75, 3.05) is 5.32 Å². The summed E-state index contributed by atoms with van der Waals surface area (Å²) < 4.78 is 1.07. The molecular formula is C19H16BrNO2. The second-order valence-corrected chi connectivity index (χ2v) is 7.05. The number of nitrogens with one attached hydrogen (secondary N) is 1. The van der Waals surface area contributed by atoms with Gasteiger partial charge in [-0.05, 0) is 53.8 Å². The molecule has 2 aromatic carbocycles. The van der Waals surface area contributed by atoms with Gasteiger partial charge in [-0.3, -0.25) is 0 Å². The third-order valence-corrected chi connectivity index (χ3v) is 5.37. The van der Waals surface area contributed by atoms with Gasteiger partial charge in [-0.1, -0.05) is 40.2 Å². The van der Waals surface area contributed by atoms with Crippen molar-refractivity contribution >= 4 is 27.6 Å². The fourth-order valence-electron chi connectivity index (χ4n) is 3.73. The van der Waals surface area contributed by atoms with Gasteiger partial charge in [0.1, 0.15) is 0 Å². The number of carbonyl (C=O) groups is 1. The van der Waals surface area contributed by atoms with E-state index in [0.29, 0.717) is 11.5 Å². The highest BCUT2D eigenvalue weighted by atomic mass is 79.9. The molecule has 0 unspecified atom stereocenters. The number of carboxylic acids is 1. The standard InChI is InChI=1S/C19H16BrNO2/c20-13-7-4-11(5-8-13)18-15-3-1-2-14(15)16-10-12(19(22)23)6-9-17(16)21-18/h1-2,4-10,14-15,18,21H,3H2,(H,22,23)/t14-,15-,18-/m1/s1. The summed E-state index contributed by atoms with van der Waals surface area (Å²) in [4.78, 5) is 11.3. The Balaban J connectivity index is 1.77. The van der Waals surface area contributed by atoms with E-state index in [1.165, 1.54) is 5.56 Å². The molecule has 0 saturated heterocycles. The molecule has 0 spiro atoms. The van der Waals surface area contributed by atoms with Gasteiger partial charge in [-0.15, -0.1) is 0 Å². The number of halogens is 1. The molecule has 2 aromatic rings. The second-order valence-electron chi connectivity index (χ2n) is 6.13. The molecule has 23 heavy (non-hydrogen) atoms. The van der Waals surface area contributed by atoms with Gasteiger partial charge in [0, 0.05) is 16.1 Å². The Morgan fingerprint density at radius 2 is 1.96 bits per heavy atom. The molecule has 0 fully saturated rings. The van der Waals surface area contributed by atoms with Crippen molar-refractivity contribution in [1.82, 2.24) is 0 Å². The maximum absolute atomic E-state index is 11.3. The van der Waals surface area contributed by atoms with Gasteiger partial charge in [0.2, 0.25) is 0 Å². The summed E-state index contributed by atoms with van der Waals surface area (Å²) in [5.41, 5.74) is 3.75. The van der Waals surface area contributed by atoms with Gasteiger partial charge in [-0.2, -0.15) is 0 Å². The maximum Gasteiger partial charge on any atom is 0.335 e. The number of carboxylic acid groups (broad SMARTS) is 1. The molecule has 1 heterocycles. The second kappa shape index (κ2) is 5.53. The van der Waals surface area contributed by atoms with E-state index in [-0.39, 0.29) is 12.0 Å². The van der Waals surface area contributed by atoms with Gasteiger partial charge in [0.05, 0.1) is 11.6 Å². The van der Waals surface area contributed by atoms with Crippen LogP contribution in [0, 0.1) is 5.92 Å². The van der Waals surface area contributed by atoms with E-state index in [9.17, 15) is 9.90 Å². The SMILES string of the molecule is O=C(O)c1ccc2c(c1)[C@@H]1C=CC[C@H]1[C@@H](c1ccc(Br)cc1)N2. The summed E-state index contributed by atoms with van der Waals surface area (Å²) in [7, 11) is 0. The molecule has 1 aliphatic carbocycles. The molecule has 2 aliphatic rings. The van der Waals surface area contributed by atoms with Crippen molar-refractivity contribution in [1.29, 1.82) is 0 Å². The molecule has 4 heteroatoms. The largest absolute Gasteiger partial charge is 0.478 e. The average Bonchev–Trinajstić information content (AvgIpc) is 3.04. The molecule has 4 rings (SSSR count). The van der Waals surface area contributed by atoms with Crippen molar-refractivity contribution in [3.63, 3.8) is 0 Å². The number of aromatic carboxylic acids is 1.